The second-order valence-electron chi connectivity index (χ2n) is 6.76. The average Bonchev–Trinajstić information content (AvgIpc) is 3.01. The lowest BCUT2D eigenvalue weighted by atomic mass is 8.73. The highest BCUT2D eigenvalue weighted by Crippen LogP contribution is 2.64. The summed E-state index contributed by atoms with van der Waals surface area (Å²) in [5.74, 6) is 0.264. The fraction of sp³-hybridized carbons (Fsp3) is 0.545. The highest BCUT2D eigenvalue weighted by atomic mass is 14.9. The quantitative estimate of drug-likeness (QED) is 0.413. The van der Waals surface area contributed by atoms with Crippen molar-refractivity contribution in [2.45, 2.75) is 31.7 Å². The topological polar surface area (TPSA) is 3.88 Å². The first-order valence-electron chi connectivity index (χ1n) is 7.73. The number of pyridine rings is 1. The number of nitrogens with zero attached hydrogens (tertiary/aromatic N) is 1. The van der Waals surface area contributed by atoms with Gasteiger partial charge in [-0.15, -0.1) is 5.11 Å². The molecule has 0 saturated carbocycles. The molecule has 0 bridgehead atoms. The van der Waals surface area contributed by atoms with Crippen LogP contribution in [0.15, 0.2) is 12.3 Å². The Morgan fingerprint density at radius 3 is 2.27 bits per heavy atom. The zero-order chi connectivity index (χ0) is 16.8. The summed E-state index contributed by atoms with van der Waals surface area (Å²) in [6, 6.07) is 2.20. The Balaban J connectivity index is 2.51. The van der Waals surface area contributed by atoms with E-state index in [-0.39, 0.29) is 19.0 Å². The molecule has 2 heterocycles. The first-order valence-corrected chi connectivity index (χ1v) is 7.73. The SMILES string of the molecule is [B][B]B(B([B])[B])C1(B([B])[B])B(c2cc(C)c(C)c[n+]2C)C1C. The summed E-state index contributed by atoms with van der Waals surface area (Å²) in [5, 5.41) is -0.400. The van der Waals surface area contributed by atoms with Gasteiger partial charge in [-0.25, -0.2) is 4.57 Å². The predicted molar refractivity (Wildman–Crippen MR) is 106 cm³/mol. The van der Waals surface area contributed by atoms with Crippen molar-refractivity contribution in [1.82, 2.24) is 0 Å². The number of aryl methyl sites for hydroxylation is 3. The molecule has 22 heavy (non-hydrogen) atoms. The Hall–Kier alpha value is -0.201. The third kappa shape index (κ3) is 2.61. The Labute approximate surface area is 144 Å². The second kappa shape index (κ2) is 6.36. The number of rotatable bonds is 5. The van der Waals surface area contributed by atoms with Crippen molar-refractivity contribution < 1.29 is 4.57 Å². The minimum atomic E-state index is -0.580. The largest absolute Gasteiger partial charge is 0.251 e. The monoisotopic (exact) mass is 271 g/mol. The van der Waals surface area contributed by atoms with Crippen molar-refractivity contribution in [3.8, 4) is 0 Å². The maximum absolute atomic E-state index is 6.16. The number of aromatic nitrogens is 1. The van der Waals surface area contributed by atoms with Gasteiger partial charge in [0.1, 0.15) is 12.6 Å². The summed E-state index contributed by atoms with van der Waals surface area (Å²) in [5.41, 5.74) is 3.70. The summed E-state index contributed by atoms with van der Waals surface area (Å²) in [6.45, 7) is 5.78. The van der Waals surface area contributed by atoms with Crippen LogP contribution < -0.4 is 10.2 Å². The molecule has 1 aliphatic rings. The normalized spacial score (nSPS) is 23.1. The highest BCUT2D eigenvalue weighted by molar-refractivity contribution is 7.76. The molecule has 1 fully saturated rings. The molecule has 0 spiro atoms. The lowest BCUT2D eigenvalue weighted by Crippen LogP contribution is -2.59. The molecule has 0 amide bonds. The maximum Gasteiger partial charge on any atom is 0.251 e. The van der Waals surface area contributed by atoms with Crippen LogP contribution in [0, 0.1) is 13.8 Å². The molecule has 1 saturated heterocycles. The lowest BCUT2D eigenvalue weighted by molar-refractivity contribution is -0.654. The predicted octanol–water partition coefficient (Wildman–Crippen LogP) is -2.44. The van der Waals surface area contributed by atoms with Gasteiger partial charge < -0.3 is 0 Å². The highest BCUT2D eigenvalue weighted by Gasteiger charge is 2.71. The summed E-state index contributed by atoms with van der Waals surface area (Å²) >= 11 is 0. The van der Waals surface area contributed by atoms with Crippen LogP contribution in [0.2, 0.25) is 10.9 Å². The molecule has 0 aromatic carbocycles. The molecule has 93 valence electrons. The molecule has 1 aromatic heterocycles. The molecule has 0 aliphatic carbocycles. The Bertz CT molecular complexity index is 564. The van der Waals surface area contributed by atoms with Crippen LogP contribution in [0.3, 0.4) is 0 Å². The number of hydrogen-bond acceptors (Lipinski definition) is 0. The van der Waals surface area contributed by atoms with E-state index in [1.165, 1.54) is 16.7 Å². The van der Waals surface area contributed by atoms with Crippen molar-refractivity contribution in [3.05, 3.63) is 23.4 Å². The molecular formula is C11H15B10N+. The molecule has 1 aliphatic heterocycles. The van der Waals surface area contributed by atoms with Crippen molar-refractivity contribution in [3.63, 3.8) is 0 Å². The number of hydrogen-bond donors (Lipinski definition) is 0. The van der Waals surface area contributed by atoms with Gasteiger partial charge in [-0.05, 0) is 25.5 Å². The van der Waals surface area contributed by atoms with Gasteiger partial charge in [0.25, 0.3) is 6.71 Å². The van der Waals surface area contributed by atoms with Gasteiger partial charge in [-0.2, -0.15) is 0 Å². The maximum atomic E-state index is 6.16. The van der Waals surface area contributed by atoms with Crippen LogP contribution in [0.4, 0.5) is 0 Å². The first-order chi connectivity index (χ1) is 10.2. The van der Waals surface area contributed by atoms with Crippen LogP contribution in [0.1, 0.15) is 18.1 Å². The van der Waals surface area contributed by atoms with E-state index in [4.69, 9.17) is 38.7 Å². The van der Waals surface area contributed by atoms with Gasteiger partial charge in [-0.3, -0.25) is 0 Å². The Morgan fingerprint density at radius 2 is 1.82 bits per heavy atom. The van der Waals surface area contributed by atoms with Gasteiger partial charge in [-0.1, -0.05) is 12.7 Å². The van der Waals surface area contributed by atoms with Crippen molar-refractivity contribution in [2.24, 2.45) is 7.05 Å². The van der Waals surface area contributed by atoms with Crippen molar-refractivity contribution in [1.29, 1.82) is 0 Å². The van der Waals surface area contributed by atoms with E-state index >= 15 is 0 Å². The van der Waals surface area contributed by atoms with E-state index < -0.39 is 18.0 Å². The fourth-order valence-electron chi connectivity index (χ4n) is 4.21. The van der Waals surface area contributed by atoms with Gasteiger partial charge in [0.05, 0.1) is 0 Å². The minimum Gasteiger partial charge on any atom is -0.214 e. The zero-order valence-electron chi connectivity index (χ0n) is 14.0. The minimum absolute atomic E-state index is 0.191. The molecule has 2 atom stereocenters. The van der Waals surface area contributed by atoms with E-state index in [1.807, 2.05) is 7.05 Å². The molecule has 1 aromatic rings. The smallest absolute Gasteiger partial charge is 0.214 e. The molecular weight excluding hydrogens is 254 g/mol. The van der Waals surface area contributed by atoms with Crippen LogP contribution >= 0.6 is 0 Å². The van der Waals surface area contributed by atoms with Crippen LogP contribution in [-0.2, 0) is 7.05 Å². The van der Waals surface area contributed by atoms with Gasteiger partial charge >= 0.3 is 0 Å². The van der Waals surface area contributed by atoms with Crippen molar-refractivity contribution in [2.75, 3.05) is 0 Å². The Morgan fingerprint density at radius 1 is 1.23 bits per heavy atom. The van der Waals surface area contributed by atoms with E-state index in [9.17, 15) is 0 Å². The van der Waals surface area contributed by atoms with Crippen LogP contribution in [0.25, 0.3) is 0 Å². The standard InChI is InChI=1S/C11H15B10N/c1-7-5-10(22(4)6-8(7)2)18-9(3)11(18,19(13)14)20(17-12)21(15)16/h5-6,9H,1-4H3/q+1. The molecule has 11 heteroatoms. The molecule has 1 nitrogen and oxygen atoms in total. The van der Waals surface area contributed by atoms with E-state index in [0.717, 1.165) is 0 Å². The van der Waals surface area contributed by atoms with E-state index in [2.05, 4.69) is 37.6 Å². The third-order valence-electron chi connectivity index (χ3n) is 5.59. The fourth-order valence-corrected chi connectivity index (χ4v) is 4.21. The van der Waals surface area contributed by atoms with Gasteiger partial charge in [0.2, 0.25) is 0 Å². The van der Waals surface area contributed by atoms with Gasteiger partial charge in [0, 0.05) is 70.7 Å². The first kappa shape index (κ1) is 18.1. The van der Waals surface area contributed by atoms with Crippen LogP contribution in [-0.4, -0.2) is 71.8 Å². The summed E-state index contributed by atoms with van der Waals surface area (Å²) in [4.78, 5) is 0. The van der Waals surface area contributed by atoms with E-state index in [1.54, 1.807) is 7.06 Å². The molecule has 0 N–H and O–H groups in total. The lowest BCUT2D eigenvalue weighted by Gasteiger charge is -2.33. The summed E-state index contributed by atoms with van der Waals surface area (Å²) in [6.07, 6.45) is 1.55. The zero-order valence-corrected chi connectivity index (χ0v) is 14.0. The summed E-state index contributed by atoms with van der Waals surface area (Å²) < 4.78 is 2.14. The Kier molecular flexibility index (Phi) is 5.25. The van der Waals surface area contributed by atoms with Crippen LogP contribution in [0.5, 0.6) is 0 Å². The van der Waals surface area contributed by atoms with Gasteiger partial charge in [0.15, 0.2) is 6.20 Å². The molecule has 2 unspecified atom stereocenters. The summed E-state index contributed by atoms with van der Waals surface area (Å²) in [7, 11) is 33.7. The molecule has 2 rings (SSSR count). The van der Waals surface area contributed by atoms with Crippen molar-refractivity contribution >= 4 is 77.4 Å². The molecule has 11 radical (unpaired) electrons. The average molecular weight is 269 g/mol. The third-order valence-corrected chi connectivity index (χ3v) is 5.59. The van der Waals surface area contributed by atoms with E-state index in [0.29, 0.717) is 0 Å². The second-order valence-corrected chi connectivity index (χ2v) is 6.76.